The predicted octanol–water partition coefficient (Wildman–Crippen LogP) is 3.41. The highest BCUT2D eigenvalue weighted by atomic mass is 16.5. The van der Waals surface area contributed by atoms with Crippen LogP contribution in [0.5, 0.6) is 0 Å². The highest BCUT2D eigenvalue weighted by molar-refractivity contribution is 5.88. The molecular formula is C27H35N3O5. The Kier molecular flexibility index (Phi) is 8.17. The molecule has 1 aliphatic rings. The molecule has 2 amide bonds. The van der Waals surface area contributed by atoms with Crippen molar-refractivity contribution in [2.45, 2.75) is 32.7 Å². The van der Waals surface area contributed by atoms with Crippen LogP contribution < -0.4 is 5.32 Å². The van der Waals surface area contributed by atoms with Gasteiger partial charge in [0.25, 0.3) is 0 Å². The minimum Gasteiger partial charge on any atom is -0.480 e. The Morgan fingerprint density at radius 3 is 2.03 bits per heavy atom. The van der Waals surface area contributed by atoms with Crippen molar-refractivity contribution in [3.63, 3.8) is 0 Å². The maximum atomic E-state index is 13.3. The van der Waals surface area contributed by atoms with E-state index in [1.54, 1.807) is 19.0 Å². The summed E-state index contributed by atoms with van der Waals surface area (Å²) in [6, 6.07) is 15.2. The molecule has 0 heterocycles. The highest BCUT2D eigenvalue weighted by Gasteiger charge is 2.32. The first-order valence-corrected chi connectivity index (χ1v) is 11.7. The SMILES string of the molecule is CN(C)C[C@H](NC(=O)OCC1c2ccccc2-c2ccccc21)C(=O)N(CC(=O)O)CC(C)(C)C. The van der Waals surface area contributed by atoms with Crippen LogP contribution >= 0.6 is 0 Å². The van der Waals surface area contributed by atoms with Crippen LogP contribution in [0.15, 0.2) is 48.5 Å². The van der Waals surface area contributed by atoms with Gasteiger partial charge in [-0.2, -0.15) is 0 Å². The van der Waals surface area contributed by atoms with Gasteiger partial charge in [-0.1, -0.05) is 69.3 Å². The molecule has 8 nitrogen and oxygen atoms in total. The molecule has 2 N–H and O–H groups in total. The molecule has 0 radical (unpaired) electrons. The molecule has 0 aromatic heterocycles. The number of carbonyl (C=O) groups is 3. The Bertz CT molecular complexity index is 1030. The molecule has 8 heteroatoms. The Balaban J connectivity index is 1.72. The number of alkyl carbamates (subject to hydrolysis) is 1. The van der Waals surface area contributed by atoms with Crippen LogP contribution in [0.1, 0.15) is 37.8 Å². The number of carboxylic acid groups (broad SMARTS) is 1. The zero-order valence-corrected chi connectivity index (χ0v) is 21.1. The second kappa shape index (κ2) is 10.9. The van der Waals surface area contributed by atoms with E-state index in [0.717, 1.165) is 22.3 Å². The number of fused-ring (bicyclic) bond motifs is 3. The van der Waals surface area contributed by atoms with Gasteiger partial charge in [-0.15, -0.1) is 0 Å². The van der Waals surface area contributed by atoms with Crippen molar-refractivity contribution in [2.24, 2.45) is 5.41 Å². The summed E-state index contributed by atoms with van der Waals surface area (Å²) in [6.45, 7) is 5.92. The largest absolute Gasteiger partial charge is 0.480 e. The quantitative estimate of drug-likeness (QED) is 0.570. The average Bonchev–Trinajstić information content (AvgIpc) is 3.08. The number of nitrogens with one attached hydrogen (secondary N) is 1. The van der Waals surface area contributed by atoms with Crippen molar-refractivity contribution in [1.82, 2.24) is 15.1 Å². The number of carboxylic acids is 1. The van der Waals surface area contributed by atoms with Crippen molar-refractivity contribution in [1.29, 1.82) is 0 Å². The van der Waals surface area contributed by atoms with Crippen LogP contribution in [0.3, 0.4) is 0 Å². The maximum Gasteiger partial charge on any atom is 0.407 e. The van der Waals surface area contributed by atoms with Gasteiger partial charge in [0.1, 0.15) is 19.2 Å². The number of aliphatic carboxylic acids is 1. The van der Waals surface area contributed by atoms with Crippen molar-refractivity contribution < 1.29 is 24.2 Å². The molecule has 3 rings (SSSR count). The first-order valence-electron chi connectivity index (χ1n) is 11.7. The number of ether oxygens (including phenoxy) is 1. The second-order valence-corrected chi connectivity index (χ2v) is 10.4. The summed E-state index contributed by atoms with van der Waals surface area (Å²) in [7, 11) is 3.57. The normalized spacial score (nSPS) is 13.7. The number of carbonyl (C=O) groups excluding carboxylic acids is 2. The second-order valence-electron chi connectivity index (χ2n) is 10.4. The summed E-state index contributed by atoms with van der Waals surface area (Å²) >= 11 is 0. The van der Waals surface area contributed by atoms with Gasteiger partial charge < -0.3 is 25.0 Å². The molecule has 1 aliphatic carbocycles. The predicted molar refractivity (Wildman–Crippen MR) is 134 cm³/mol. The van der Waals surface area contributed by atoms with Crippen molar-refractivity contribution in [3.05, 3.63) is 59.7 Å². The van der Waals surface area contributed by atoms with E-state index >= 15 is 0 Å². The smallest absolute Gasteiger partial charge is 0.407 e. The van der Waals surface area contributed by atoms with Crippen LogP contribution in [0.4, 0.5) is 4.79 Å². The van der Waals surface area contributed by atoms with Gasteiger partial charge >= 0.3 is 12.1 Å². The molecule has 0 aliphatic heterocycles. The van der Waals surface area contributed by atoms with E-state index in [4.69, 9.17) is 4.74 Å². The molecule has 35 heavy (non-hydrogen) atoms. The molecule has 0 fully saturated rings. The number of benzene rings is 2. The summed E-state index contributed by atoms with van der Waals surface area (Å²) < 4.78 is 5.61. The Morgan fingerprint density at radius 1 is 1.00 bits per heavy atom. The maximum absolute atomic E-state index is 13.3. The van der Waals surface area contributed by atoms with Crippen LogP contribution in [-0.2, 0) is 14.3 Å². The van der Waals surface area contributed by atoms with Crippen molar-refractivity contribution in [3.8, 4) is 11.1 Å². The Hall–Kier alpha value is -3.39. The van der Waals surface area contributed by atoms with Gasteiger partial charge in [0.2, 0.25) is 5.91 Å². The molecule has 0 unspecified atom stereocenters. The fourth-order valence-corrected chi connectivity index (χ4v) is 4.50. The highest BCUT2D eigenvalue weighted by Crippen LogP contribution is 2.44. The third-order valence-corrected chi connectivity index (χ3v) is 5.78. The molecule has 0 saturated carbocycles. The first-order chi connectivity index (χ1) is 16.5. The standard InChI is InChI=1S/C27H35N3O5/c1-27(2,3)17-30(15-24(31)32)25(33)23(14-29(4)5)28-26(34)35-16-22-20-12-8-6-10-18(20)19-11-7-9-13-21(19)22/h6-13,22-23H,14-17H2,1-5H3,(H,28,34)(H,31,32)/t23-/m0/s1. The van der Waals surface area contributed by atoms with Crippen LogP contribution in [0, 0.1) is 5.41 Å². The van der Waals surface area contributed by atoms with Gasteiger partial charge in [-0.05, 0) is 41.8 Å². The molecule has 0 bridgehead atoms. The third kappa shape index (κ3) is 6.82. The van der Waals surface area contributed by atoms with Crippen molar-refractivity contribution >= 4 is 18.0 Å². The minimum atomic E-state index is -1.10. The van der Waals surface area contributed by atoms with E-state index in [2.05, 4.69) is 17.4 Å². The van der Waals surface area contributed by atoms with Crippen LogP contribution in [0.2, 0.25) is 0 Å². The summed E-state index contributed by atoms with van der Waals surface area (Å²) in [4.78, 5) is 40.5. The lowest BCUT2D eigenvalue weighted by atomic mass is 9.95. The van der Waals surface area contributed by atoms with E-state index < -0.39 is 30.6 Å². The molecular weight excluding hydrogens is 446 g/mol. The van der Waals surface area contributed by atoms with Gasteiger partial charge in [0.15, 0.2) is 0 Å². The summed E-state index contributed by atoms with van der Waals surface area (Å²) in [5.74, 6) is -1.66. The topological polar surface area (TPSA) is 99.2 Å². The fraction of sp³-hybridized carbons (Fsp3) is 0.444. The molecule has 2 aromatic carbocycles. The summed E-state index contributed by atoms with van der Waals surface area (Å²) in [5.41, 5.74) is 4.14. The minimum absolute atomic E-state index is 0.0967. The molecule has 2 aromatic rings. The monoisotopic (exact) mass is 481 g/mol. The summed E-state index contributed by atoms with van der Waals surface area (Å²) in [5, 5.41) is 12.0. The van der Waals surface area contributed by atoms with E-state index in [0.29, 0.717) is 0 Å². The van der Waals surface area contributed by atoms with E-state index in [1.165, 1.54) is 4.90 Å². The lowest BCUT2D eigenvalue weighted by Crippen LogP contribution is -2.55. The molecule has 188 valence electrons. The molecule has 0 saturated heterocycles. The first kappa shape index (κ1) is 26.2. The number of hydrogen-bond acceptors (Lipinski definition) is 5. The number of rotatable bonds is 9. The lowest BCUT2D eigenvalue weighted by molar-refractivity contribution is -0.146. The van der Waals surface area contributed by atoms with E-state index in [1.807, 2.05) is 57.2 Å². The van der Waals surface area contributed by atoms with Gasteiger partial charge in [0, 0.05) is 19.0 Å². The molecule has 1 atom stereocenters. The zero-order chi connectivity index (χ0) is 25.8. The van der Waals surface area contributed by atoms with E-state index in [-0.39, 0.29) is 31.0 Å². The van der Waals surface area contributed by atoms with Crippen LogP contribution in [0.25, 0.3) is 11.1 Å². The Labute approximate surface area is 206 Å². The number of nitrogens with zero attached hydrogens (tertiary/aromatic N) is 2. The zero-order valence-electron chi connectivity index (χ0n) is 21.1. The van der Waals surface area contributed by atoms with Gasteiger partial charge in [-0.3, -0.25) is 9.59 Å². The number of hydrogen-bond donors (Lipinski definition) is 2. The fourth-order valence-electron chi connectivity index (χ4n) is 4.50. The third-order valence-electron chi connectivity index (χ3n) is 5.78. The summed E-state index contributed by atoms with van der Waals surface area (Å²) in [6.07, 6.45) is -0.710. The van der Waals surface area contributed by atoms with Crippen LogP contribution in [-0.4, -0.2) is 79.3 Å². The number of amides is 2. The van der Waals surface area contributed by atoms with Crippen molar-refractivity contribution in [2.75, 3.05) is 40.3 Å². The van der Waals surface area contributed by atoms with Gasteiger partial charge in [-0.25, -0.2) is 4.79 Å². The van der Waals surface area contributed by atoms with Gasteiger partial charge in [0.05, 0.1) is 0 Å². The average molecular weight is 482 g/mol. The lowest BCUT2D eigenvalue weighted by Gasteiger charge is -2.32. The number of likely N-dealkylation sites (N-methyl/N-ethyl adjacent to an activating group) is 1. The Morgan fingerprint density at radius 2 is 1.54 bits per heavy atom. The molecule has 0 spiro atoms. The van der Waals surface area contributed by atoms with E-state index in [9.17, 15) is 19.5 Å².